The number of fused-ring (bicyclic) bond motifs is 1. The molecule has 0 fully saturated rings. The van der Waals surface area contributed by atoms with E-state index in [9.17, 15) is 0 Å². The summed E-state index contributed by atoms with van der Waals surface area (Å²) < 4.78 is 0. The van der Waals surface area contributed by atoms with E-state index in [1.807, 2.05) is 0 Å². The van der Waals surface area contributed by atoms with Gasteiger partial charge in [0.25, 0.3) is 0 Å². The SMILES string of the molecule is CCCNC(c1nc(C)cs1)c1cccc2ccccc12. The number of thiazole rings is 1. The van der Waals surface area contributed by atoms with Gasteiger partial charge >= 0.3 is 0 Å². The summed E-state index contributed by atoms with van der Waals surface area (Å²) in [5.41, 5.74) is 2.41. The molecule has 1 aromatic heterocycles. The number of nitrogens with zero attached hydrogens (tertiary/aromatic N) is 1. The first kappa shape index (κ1) is 14.2. The van der Waals surface area contributed by atoms with E-state index in [1.54, 1.807) is 11.3 Å². The highest BCUT2D eigenvalue weighted by Gasteiger charge is 2.18. The molecule has 0 radical (unpaired) electrons. The van der Waals surface area contributed by atoms with Gasteiger partial charge in [-0.15, -0.1) is 11.3 Å². The topological polar surface area (TPSA) is 24.9 Å². The first-order valence-electron chi connectivity index (χ1n) is 7.42. The van der Waals surface area contributed by atoms with Crippen molar-refractivity contribution in [2.75, 3.05) is 6.54 Å². The Morgan fingerprint density at radius 3 is 2.71 bits per heavy atom. The molecule has 3 heteroatoms. The molecule has 0 aliphatic carbocycles. The monoisotopic (exact) mass is 296 g/mol. The Kier molecular flexibility index (Phi) is 4.32. The van der Waals surface area contributed by atoms with Crippen molar-refractivity contribution in [1.82, 2.24) is 10.3 Å². The molecule has 3 aromatic rings. The second-order valence-electron chi connectivity index (χ2n) is 5.28. The fraction of sp³-hybridized carbons (Fsp3) is 0.278. The Hall–Kier alpha value is -1.71. The third-order valence-corrected chi connectivity index (χ3v) is 4.64. The number of aryl methyl sites for hydroxylation is 1. The molecular weight excluding hydrogens is 276 g/mol. The molecule has 2 nitrogen and oxygen atoms in total. The van der Waals surface area contributed by atoms with Crippen molar-refractivity contribution < 1.29 is 0 Å². The molecule has 3 rings (SSSR count). The lowest BCUT2D eigenvalue weighted by Gasteiger charge is -2.18. The van der Waals surface area contributed by atoms with Gasteiger partial charge in [-0.1, -0.05) is 49.4 Å². The highest BCUT2D eigenvalue weighted by molar-refractivity contribution is 7.09. The van der Waals surface area contributed by atoms with Gasteiger partial charge in [0.15, 0.2) is 0 Å². The molecule has 108 valence electrons. The highest BCUT2D eigenvalue weighted by atomic mass is 32.1. The molecule has 1 N–H and O–H groups in total. The summed E-state index contributed by atoms with van der Waals surface area (Å²) in [5, 5.41) is 9.52. The number of benzene rings is 2. The van der Waals surface area contributed by atoms with Crippen LogP contribution in [0.3, 0.4) is 0 Å². The van der Waals surface area contributed by atoms with Crippen LogP contribution in [0.5, 0.6) is 0 Å². The summed E-state index contributed by atoms with van der Waals surface area (Å²) in [6, 6.07) is 15.3. The minimum atomic E-state index is 0.176. The largest absolute Gasteiger partial charge is 0.304 e. The van der Waals surface area contributed by atoms with Crippen molar-refractivity contribution in [1.29, 1.82) is 0 Å². The van der Waals surface area contributed by atoms with Crippen LogP contribution in [-0.4, -0.2) is 11.5 Å². The first-order chi connectivity index (χ1) is 10.3. The average Bonchev–Trinajstić information content (AvgIpc) is 2.94. The Morgan fingerprint density at radius 1 is 1.14 bits per heavy atom. The summed E-state index contributed by atoms with van der Waals surface area (Å²) >= 11 is 1.74. The number of rotatable bonds is 5. The summed E-state index contributed by atoms with van der Waals surface area (Å²) in [7, 11) is 0. The second-order valence-corrected chi connectivity index (χ2v) is 6.17. The maximum atomic E-state index is 4.70. The Balaban J connectivity index is 2.09. The number of hydrogen-bond donors (Lipinski definition) is 1. The number of nitrogens with one attached hydrogen (secondary N) is 1. The van der Waals surface area contributed by atoms with E-state index in [0.29, 0.717) is 0 Å². The van der Waals surface area contributed by atoms with Gasteiger partial charge in [0.1, 0.15) is 5.01 Å². The fourth-order valence-corrected chi connectivity index (χ4v) is 3.51. The third kappa shape index (κ3) is 2.99. The van der Waals surface area contributed by atoms with Crippen LogP contribution in [0.15, 0.2) is 47.8 Å². The smallest absolute Gasteiger partial charge is 0.114 e. The summed E-state index contributed by atoms with van der Waals surface area (Å²) in [4.78, 5) is 4.70. The van der Waals surface area contributed by atoms with Gasteiger partial charge in [0.05, 0.1) is 6.04 Å². The highest BCUT2D eigenvalue weighted by Crippen LogP contribution is 2.30. The maximum absolute atomic E-state index is 4.70. The molecule has 0 saturated heterocycles. The summed E-state index contributed by atoms with van der Waals surface area (Å²) in [6.07, 6.45) is 1.12. The van der Waals surface area contributed by atoms with Gasteiger partial charge in [-0.3, -0.25) is 0 Å². The molecule has 2 aromatic carbocycles. The van der Waals surface area contributed by atoms with E-state index in [0.717, 1.165) is 23.7 Å². The average molecular weight is 296 g/mol. The first-order valence-corrected chi connectivity index (χ1v) is 8.30. The molecule has 0 amide bonds. The lowest BCUT2D eigenvalue weighted by molar-refractivity contribution is 0.598. The molecule has 1 heterocycles. The van der Waals surface area contributed by atoms with Crippen molar-refractivity contribution >= 4 is 22.1 Å². The second kappa shape index (κ2) is 6.37. The van der Waals surface area contributed by atoms with E-state index < -0.39 is 0 Å². The van der Waals surface area contributed by atoms with E-state index in [4.69, 9.17) is 4.98 Å². The van der Waals surface area contributed by atoms with Crippen LogP contribution < -0.4 is 5.32 Å². The van der Waals surface area contributed by atoms with E-state index in [2.05, 4.69) is 67.0 Å². The molecule has 0 bridgehead atoms. The molecule has 1 atom stereocenters. The van der Waals surface area contributed by atoms with Crippen LogP contribution in [0.2, 0.25) is 0 Å². The van der Waals surface area contributed by atoms with Gasteiger partial charge in [-0.05, 0) is 36.2 Å². The lowest BCUT2D eigenvalue weighted by atomic mass is 9.99. The summed E-state index contributed by atoms with van der Waals surface area (Å²) in [6.45, 7) is 5.24. The van der Waals surface area contributed by atoms with Gasteiger partial charge in [0, 0.05) is 11.1 Å². The van der Waals surface area contributed by atoms with Crippen molar-refractivity contribution in [2.45, 2.75) is 26.3 Å². The van der Waals surface area contributed by atoms with Crippen LogP contribution in [0.25, 0.3) is 10.8 Å². The normalized spacial score (nSPS) is 12.7. The van der Waals surface area contributed by atoms with E-state index in [1.165, 1.54) is 16.3 Å². The van der Waals surface area contributed by atoms with E-state index in [-0.39, 0.29) is 6.04 Å². The maximum Gasteiger partial charge on any atom is 0.114 e. The van der Waals surface area contributed by atoms with Crippen molar-refractivity contribution in [3.63, 3.8) is 0 Å². The minimum Gasteiger partial charge on any atom is -0.304 e. The number of aromatic nitrogens is 1. The molecule has 0 aliphatic rings. The van der Waals surface area contributed by atoms with Crippen molar-refractivity contribution in [3.05, 3.63) is 64.1 Å². The van der Waals surface area contributed by atoms with Crippen LogP contribution in [0.4, 0.5) is 0 Å². The van der Waals surface area contributed by atoms with Crippen LogP contribution in [0.1, 0.15) is 35.7 Å². The van der Waals surface area contributed by atoms with Gasteiger partial charge in [-0.2, -0.15) is 0 Å². The Morgan fingerprint density at radius 2 is 1.95 bits per heavy atom. The Bertz CT molecular complexity index is 727. The minimum absolute atomic E-state index is 0.176. The van der Waals surface area contributed by atoms with Crippen molar-refractivity contribution in [2.24, 2.45) is 0 Å². The fourth-order valence-electron chi connectivity index (χ4n) is 2.63. The third-order valence-electron chi connectivity index (χ3n) is 3.62. The van der Waals surface area contributed by atoms with Crippen LogP contribution in [-0.2, 0) is 0 Å². The zero-order chi connectivity index (χ0) is 14.7. The van der Waals surface area contributed by atoms with E-state index >= 15 is 0 Å². The predicted molar refractivity (Wildman–Crippen MR) is 90.9 cm³/mol. The number of hydrogen-bond acceptors (Lipinski definition) is 3. The zero-order valence-electron chi connectivity index (χ0n) is 12.5. The van der Waals surface area contributed by atoms with Crippen LogP contribution >= 0.6 is 11.3 Å². The van der Waals surface area contributed by atoms with Crippen molar-refractivity contribution in [3.8, 4) is 0 Å². The molecular formula is C18H20N2S. The van der Waals surface area contributed by atoms with Gasteiger partial charge in [-0.25, -0.2) is 4.98 Å². The molecule has 0 saturated carbocycles. The van der Waals surface area contributed by atoms with Crippen LogP contribution in [0, 0.1) is 6.92 Å². The van der Waals surface area contributed by atoms with Gasteiger partial charge in [0.2, 0.25) is 0 Å². The standard InChI is InChI=1S/C18H20N2S/c1-3-11-19-17(18-20-13(2)12-21-18)16-10-6-8-14-7-4-5-9-15(14)16/h4-10,12,17,19H,3,11H2,1-2H3. The summed E-state index contributed by atoms with van der Waals surface area (Å²) in [5.74, 6) is 0. The van der Waals surface area contributed by atoms with Gasteiger partial charge < -0.3 is 5.32 Å². The molecule has 21 heavy (non-hydrogen) atoms. The molecule has 0 aliphatic heterocycles. The predicted octanol–water partition coefficient (Wildman–Crippen LogP) is 4.69. The zero-order valence-corrected chi connectivity index (χ0v) is 13.3. The molecule has 0 spiro atoms. The quantitative estimate of drug-likeness (QED) is 0.738. The lowest BCUT2D eigenvalue weighted by Crippen LogP contribution is -2.23. The molecule has 1 unspecified atom stereocenters. The Labute approximate surface area is 129 Å².